The van der Waals surface area contributed by atoms with Crippen molar-refractivity contribution in [1.29, 1.82) is 0 Å². The van der Waals surface area contributed by atoms with Gasteiger partial charge in [0.15, 0.2) is 0 Å². The molecule has 0 unspecified atom stereocenters. The van der Waals surface area contributed by atoms with E-state index in [1.807, 2.05) is 12.1 Å². The third kappa shape index (κ3) is 3.36. The van der Waals surface area contributed by atoms with Crippen molar-refractivity contribution in [2.24, 2.45) is 0 Å². The van der Waals surface area contributed by atoms with Crippen LogP contribution in [0.1, 0.15) is 46.1 Å². The summed E-state index contributed by atoms with van der Waals surface area (Å²) in [6.07, 6.45) is 2.35. The molecule has 1 N–H and O–H groups in total. The molecule has 0 atom stereocenters. The second-order valence-electron chi connectivity index (χ2n) is 6.65. The van der Waals surface area contributed by atoms with E-state index in [0.29, 0.717) is 0 Å². The molecule has 0 aliphatic carbocycles. The van der Waals surface area contributed by atoms with E-state index in [1.54, 1.807) is 0 Å². The lowest BCUT2D eigenvalue weighted by Gasteiger charge is -2.52. The van der Waals surface area contributed by atoms with Crippen LogP contribution in [-0.4, -0.2) is 29.1 Å². The number of hydrogen-bond donors (Lipinski definition) is 1. The number of nitrogens with zero attached hydrogens (tertiary/aromatic N) is 1. The van der Waals surface area contributed by atoms with Crippen molar-refractivity contribution in [3.8, 4) is 0 Å². The van der Waals surface area contributed by atoms with Crippen molar-refractivity contribution in [2.75, 3.05) is 13.1 Å². The van der Waals surface area contributed by atoms with Gasteiger partial charge in [0, 0.05) is 35.7 Å². The minimum Gasteiger partial charge on any atom is -0.309 e. The Morgan fingerprint density at radius 2 is 1.95 bits per heavy atom. The van der Waals surface area contributed by atoms with E-state index in [1.165, 1.54) is 18.4 Å². The largest absolute Gasteiger partial charge is 0.309 e. The Morgan fingerprint density at radius 1 is 1.25 bits per heavy atom. The summed E-state index contributed by atoms with van der Waals surface area (Å²) in [5.74, 6) is 0. The van der Waals surface area contributed by atoms with E-state index in [-0.39, 0.29) is 11.1 Å². The summed E-state index contributed by atoms with van der Waals surface area (Å²) in [7, 11) is 0. The van der Waals surface area contributed by atoms with E-state index in [9.17, 15) is 0 Å². The molecule has 1 fully saturated rings. The van der Waals surface area contributed by atoms with Crippen molar-refractivity contribution in [2.45, 2.75) is 58.2 Å². The predicted molar refractivity (Wildman–Crippen MR) is 87.3 cm³/mol. The first kappa shape index (κ1) is 15.8. The summed E-state index contributed by atoms with van der Waals surface area (Å²) in [5, 5.41) is 4.54. The standard InChI is InChI=1S/C17H27ClN2/c1-5-17(6-2)12-19-16(3,4)13-20(17)11-14-8-7-9-15(18)10-14/h7-10,19H,5-6,11-13H2,1-4H3. The molecule has 1 saturated heterocycles. The molecule has 0 bridgehead atoms. The summed E-state index contributed by atoms with van der Waals surface area (Å²) in [6, 6.07) is 8.26. The van der Waals surface area contributed by atoms with Crippen LogP contribution in [-0.2, 0) is 6.54 Å². The van der Waals surface area contributed by atoms with Gasteiger partial charge in [-0.15, -0.1) is 0 Å². The number of nitrogens with one attached hydrogen (secondary N) is 1. The topological polar surface area (TPSA) is 15.3 Å². The zero-order chi connectivity index (χ0) is 14.8. The lowest BCUT2D eigenvalue weighted by molar-refractivity contribution is 0.00234. The average molecular weight is 295 g/mol. The van der Waals surface area contributed by atoms with Crippen LogP contribution in [0, 0.1) is 0 Å². The molecule has 1 aliphatic rings. The van der Waals surface area contributed by atoms with Crippen LogP contribution in [0.4, 0.5) is 0 Å². The van der Waals surface area contributed by atoms with Crippen LogP contribution < -0.4 is 5.32 Å². The molecule has 2 rings (SSSR count). The van der Waals surface area contributed by atoms with Gasteiger partial charge in [0.05, 0.1) is 0 Å². The first-order valence-electron chi connectivity index (χ1n) is 7.65. The van der Waals surface area contributed by atoms with Gasteiger partial charge in [-0.05, 0) is 44.4 Å². The minimum atomic E-state index is 0.173. The van der Waals surface area contributed by atoms with Crippen LogP contribution in [0.25, 0.3) is 0 Å². The van der Waals surface area contributed by atoms with E-state index in [4.69, 9.17) is 11.6 Å². The van der Waals surface area contributed by atoms with Crippen molar-refractivity contribution in [3.05, 3.63) is 34.9 Å². The predicted octanol–water partition coefficient (Wildman–Crippen LogP) is 4.08. The van der Waals surface area contributed by atoms with Gasteiger partial charge in [0.1, 0.15) is 0 Å². The molecule has 1 aromatic rings. The quantitative estimate of drug-likeness (QED) is 0.900. The van der Waals surface area contributed by atoms with Crippen molar-refractivity contribution < 1.29 is 0 Å². The lowest BCUT2D eigenvalue weighted by Crippen LogP contribution is -2.67. The van der Waals surface area contributed by atoms with Crippen LogP contribution in [0.2, 0.25) is 5.02 Å². The summed E-state index contributed by atoms with van der Waals surface area (Å²) in [4.78, 5) is 2.65. The van der Waals surface area contributed by atoms with Crippen LogP contribution in [0.5, 0.6) is 0 Å². The Kier molecular flexibility index (Phi) is 4.78. The Hall–Kier alpha value is -0.570. The minimum absolute atomic E-state index is 0.173. The highest BCUT2D eigenvalue weighted by Gasteiger charge is 2.41. The number of halogens is 1. The van der Waals surface area contributed by atoms with E-state index < -0.39 is 0 Å². The SMILES string of the molecule is CCC1(CC)CNC(C)(C)CN1Cc1cccc(Cl)c1. The highest BCUT2D eigenvalue weighted by molar-refractivity contribution is 6.30. The monoisotopic (exact) mass is 294 g/mol. The van der Waals surface area contributed by atoms with E-state index in [2.05, 4.69) is 50.0 Å². The van der Waals surface area contributed by atoms with Crippen LogP contribution >= 0.6 is 11.6 Å². The molecule has 3 heteroatoms. The zero-order valence-electron chi connectivity index (χ0n) is 13.2. The van der Waals surface area contributed by atoms with Gasteiger partial charge < -0.3 is 5.32 Å². The van der Waals surface area contributed by atoms with Crippen molar-refractivity contribution in [3.63, 3.8) is 0 Å². The smallest absolute Gasteiger partial charge is 0.0409 e. The van der Waals surface area contributed by atoms with E-state index >= 15 is 0 Å². The molecular weight excluding hydrogens is 268 g/mol. The highest BCUT2D eigenvalue weighted by atomic mass is 35.5. The maximum atomic E-state index is 6.13. The summed E-state index contributed by atoms with van der Waals surface area (Å²) >= 11 is 6.13. The summed E-state index contributed by atoms with van der Waals surface area (Å²) in [5.41, 5.74) is 1.74. The summed E-state index contributed by atoms with van der Waals surface area (Å²) < 4.78 is 0. The fraction of sp³-hybridized carbons (Fsp3) is 0.647. The van der Waals surface area contributed by atoms with Crippen LogP contribution in [0.15, 0.2) is 24.3 Å². The number of piperazine rings is 1. The molecule has 0 spiro atoms. The number of hydrogen-bond acceptors (Lipinski definition) is 2. The lowest BCUT2D eigenvalue weighted by atomic mass is 9.84. The molecule has 112 valence electrons. The Balaban J connectivity index is 2.23. The number of benzene rings is 1. The maximum absolute atomic E-state index is 6.13. The van der Waals surface area contributed by atoms with Gasteiger partial charge in [-0.3, -0.25) is 4.90 Å². The molecule has 1 aromatic carbocycles. The Labute approximate surface area is 128 Å². The second kappa shape index (κ2) is 6.05. The van der Waals surface area contributed by atoms with Crippen LogP contribution in [0.3, 0.4) is 0 Å². The fourth-order valence-electron chi connectivity index (χ4n) is 3.24. The first-order valence-corrected chi connectivity index (χ1v) is 8.03. The van der Waals surface area contributed by atoms with Gasteiger partial charge in [0.25, 0.3) is 0 Å². The maximum Gasteiger partial charge on any atom is 0.0409 e. The van der Waals surface area contributed by atoms with Crippen molar-refractivity contribution >= 4 is 11.6 Å². The van der Waals surface area contributed by atoms with E-state index in [0.717, 1.165) is 24.7 Å². The van der Waals surface area contributed by atoms with Gasteiger partial charge in [0.2, 0.25) is 0 Å². The number of rotatable bonds is 4. The van der Waals surface area contributed by atoms with Gasteiger partial charge in [-0.2, -0.15) is 0 Å². The normalized spacial score (nSPS) is 21.9. The molecule has 1 heterocycles. The van der Waals surface area contributed by atoms with Crippen molar-refractivity contribution in [1.82, 2.24) is 10.2 Å². The average Bonchev–Trinajstić information content (AvgIpc) is 2.39. The Morgan fingerprint density at radius 3 is 2.55 bits per heavy atom. The molecular formula is C17H27ClN2. The van der Waals surface area contributed by atoms with Gasteiger partial charge in [-0.25, -0.2) is 0 Å². The summed E-state index contributed by atoms with van der Waals surface area (Å²) in [6.45, 7) is 12.3. The molecule has 0 saturated carbocycles. The zero-order valence-corrected chi connectivity index (χ0v) is 13.9. The second-order valence-corrected chi connectivity index (χ2v) is 7.09. The Bertz CT molecular complexity index is 452. The molecule has 0 radical (unpaired) electrons. The third-order valence-corrected chi connectivity index (χ3v) is 4.97. The molecule has 0 amide bonds. The van der Waals surface area contributed by atoms with Gasteiger partial charge in [-0.1, -0.05) is 37.6 Å². The molecule has 0 aromatic heterocycles. The molecule has 20 heavy (non-hydrogen) atoms. The van der Waals surface area contributed by atoms with Gasteiger partial charge >= 0.3 is 0 Å². The first-order chi connectivity index (χ1) is 9.41. The fourth-order valence-corrected chi connectivity index (χ4v) is 3.46. The molecule has 1 aliphatic heterocycles. The highest BCUT2D eigenvalue weighted by Crippen LogP contribution is 2.31. The third-order valence-electron chi connectivity index (χ3n) is 4.73. The molecule has 2 nitrogen and oxygen atoms in total.